The average molecular weight is 540 g/mol. The summed E-state index contributed by atoms with van der Waals surface area (Å²) in [6, 6.07) is 2.76. The van der Waals surface area contributed by atoms with Gasteiger partial charge in [0.05, 0.1) is 19.3 Å². The molecule has 4 rings (SSSR count). The summed E-state index contributed by atoms with van der Waals surface area (Å²) in [6.07, 6.45) is 0.850. The van der Waals surface area contributed by atoms with Crippen molar-refractivity contribution in [3.05, 3.63) is 35.9 Å². The zero-order valence-electron chi connectivity index (χ0n) is 19.6. The Morgan fingerprint density at radius 1 is 1.14 bits per heavy atom. The van der Waals surface area contributed by atoms with E-state index >= 15 is 0 Å². The first-order valence-corrected chi connectivity index (χ1v) is 13.6. The van der Waals surface area contributed by atoms with Gasteiger partial charge >= 0.3 is 18.0 Å². The Balaban J connectivity index is 1.51. The zero-order chi connectivity index (χ0) is 26.6. The van der Waals surface area contributed by atoms with Gasteiger partial charge in [-0.3, -0.25) is 9.59 Å². The van der Waals surface area contributed by atoms with Gasteiger partial charge in [0.1, 0.15) is 23.5 Å². The van der Waals surface area contributed by atoms with Crippen molar-refractivity contribution in [2.45, 2.75) is 42.1 Å². The molecule has 1 aromatic carbocycles. The van der Waals surface area contributed by atoms with Gasteiger partial charge in [-0.15, -0.1) is 11.8 Å². The van der Waals surface area contributed by atoms with E-state index in [1.165, 1.54) is 16.7 Å². The Hall–Kier alpha value is -3.33. The number of nitrogens with zero attached hydrogens (tertiary/aromatic N) is 3. The highest BCUT2D eigenvalue weighted by Crippen LogP contribution is 2.50. The maximum absolute atomic E-state index is 13.3. The number of carbonyl (C=O) groups excluding carboxylic acids is 4. The highest BCUT2D eigenvalue weighted by Gasteiger charge is 2.64. The largest absolute Gasteiger partial charge is 0.480 e. The van der Waals surface area contributed by atoms with E-state index in [9.17, 15) is 37.5 Å². The van der Waals surface area contributed by atoms with Crippen LogP contribution in [0, 0.1) is 0 Å². The highest BCUT2D eigenvalue weighted by atomic mass is 32.2. The second-order valence-electron chi connectivity index (χ2n) is 9.15. The van der Waals surface area contributed by atoms with Gasteiger partial charge in [-0.05, 0) is 19.4 Å². The summed E-state index contributed by atoms with van der Waals surface area (Å²) >= 11 is 1.26. The van der Waals surface area contributed by atoms with Gasteiger partial charge in [0.2, 0.25) is 21.8 Å². The number of carbonyl (C=O) groups is 5. The minimum atomic E-state index is -3.87. The first-order chi connectivity index (χ1) is 16.7. The van der Waals surface area contributed by atoms with Gasteiger partial charge in [0, 0.05) is 4.75 Å². The van der Waals surface area contributed by atoms with Crippen LogP contribution in [0.25, 0.3) is 0 Å². The number of carboxylic acid groups (broad SMARTS) is 1. The molecule has 15 heteroatoms. The summed E-state index contributed by atoms with van der Waals surface area (Å²) in [5, 5.41) is 14.0. The Kier molecular flexibility index (Phi) is 6.41. The number of amides is 6. The molecule has 3 aliphatic rings. The van der Waals surface area contributed by atoms with Gasteiger partial charge in [-0.25, -0.2) is 32.0 Å². The number of rotatable bonds is 6. The van der Waals surface area contributed by atoms with Crippen LogP contribution in [-0.2, 0) is 24.4 Å². The van der Waals surface area contributed by atoms with Crippen LogP contribution >= 0.6 is 11.8 Å². The lowest BCUT2D eigenvalue weighted by Crippen LogP contribution is -2.71. The fraction of sp³-hybridized carbons (Fsp3) is 0.476. The maximum Gasteiger partial charge on any atom is 0.341 e. The molecular weight excluding hydrogens is 514 g/mol. The van der Waals surface area contributed by atoms with E-state index in [2.05, 4.69) is 10.6 Å². The Bertz CT molecular complexity index is 1240. The van der Waals surface area contributed by atoms with Crippen molar-refractivity contribution in [2.75, 3.05) is 19.3 Å². The molecule has 1 aromatic rings. The number of nitrogens with one attached hydrogen (secondary N) is 2. The lowest BCUT2D eigenvalue weighted by molar-refractivity contribution is -0.161. The first kappa shape index (κ1) is 25.8. The van der Waals surface area contributed by atoms with Crippen molar-refractivity contribution < 1.29 is 37.5 Å². The molecule has 0 bridgehead atoms. The summed E-state index contributed by atoms with van der Waals surface area (Å²) in [5.41, 5.74) is 0.362. The normalized spacial score (nSPS) is 25.8. The molecule has 0 aromatic heterocycles. The highest BCUT2D eigenvalue weighted by molar-refractivity contribution is 8.01. The summed E-state index contributed by atoms with van der Waals surface area (Å²) in [7, 11) is -3.87. The van der Waals surface area contributed by atoms with Crippen LogP contribution < -0.4 is 10.6 Å². The third kappa shape index (κ3) is 4.36. The fourth-order valence-corrected chi connectivity index (χ4v) is 6.96. The van der Waals surface area contributed by atoms with Crippen LogP contribution in [0.3, 0.4) is 0 Å². The molecule has 0 saturated carbocycles. The number of hydrogen-bond donors (Lipinski definition) is 3. The molecule has 194 valence electrons. The van der Waals surface area contributed by atoms with Gasteiger partial charge in [0.15, 0.2) is 0 Å². The molecule has 0 radical (unpaired) electrons. The van der Waals surface area contributed by atoms with E-state index in [0.717, 1.165) is 6.26 Å². The second kappa shape index (κ2) is 8.96. The second-order valence-corrected chi connectivity index (χ2v) is 12.8. The number of benzene rings is 1. The van der Waals surface area contributed by atoms with E-state index in [1.54, 1.807) is 44.2 Å². The predicted molar refractivity (Wildman–Crippen MR) is 127 cm³/mol. The molecule has 3 saturated heterocycles. The number of aliphatic carboxylic acids is 1. The summed E-state index contributed by atoms with van der Waals surface area (Å²) in [5.74, 6) is -2.42. The molecule has 3 heterocycles. The molecule has 2 unspecified atom stereocenters. The number of fused-ring (bicyclic) bond motifs is 1. The Labute approximate surface area is 211 Å². The van der Waals surface area contributed by atoms with Gasteiger partial charge in [-0.2, -0.15) is 0 Å². The number of hydrogen-bond acceptors (Lipinski definition) is 8. The van der Waals surface area contributed by atoms with Crippen LogP contribution in [0.5, 0.6) is 0 Å². The zero-order valence-corrected chi connectivity index (χ0v) is 21.2. The van der Waals surface area contributed by atoms with Crippen LogP contribution in [0.1, 0.15) is 25.5 Å². The van der Waals surface area contributed by atoms with Crippen molar-refractivity contribution in [1.29, 1.82) is 0 Å². The van der Waals surface area contributed by atoms with E-state index in [0.29, 0.717) is 14.8 Å². The summed E-state index contributed by atoms with van der Waals surface area (Å²) in [6.45, 7) is 3.02. The van der Waals surface area contributed by atoms with Gasteiger partial charge < -0.3 is 20.6 Å². The molecule has 4 atom stereocenters. The number of carboxylic acids is 1. The molecular formula is C21H25N5O8S2. The van der Waals surface area contributed by atoms with Crippen LogP contribution in [0.2, 0.25) is 0 Å². The van der Waals surface area contributed by atoms with Crippen molar-refractivity contribution in [1.82, 2.24) is 24.7 Å². The average Bonchev–Trinajstić information content (AvgIpc) is 3.31. The van der Waals surface area contributed by atoms with Crippen molar-refractivity contribution in [3.8, 4) is 0 Å². The van der Waals surface area contributed by atoms with Crippen molar-refractivity contribution in [3.63, 3.8) is 0 Å². The SMILES string of the molecule is CC1(C)S[C@@H]2C(NC(=O)C(NC(=O)N3CCN(S(C)(=O)=O)C3=O)c3ccccc3)C(=O)N2[C@@H]1C(=O)O. The third-order valence-corrected chi connectivity index (χ3v) is 8.96. The molecule has 3 fully saturated rings. The van der Waals surface area contributed by atoms with Crippen LogP contribution in [0.4, 0.5) is 9.59 Å². The molecule has 6 amide bonds. The third-order valence-electron chi connectivity index (χ3n) is 6.25. The minimum absolute atomic E-state index is 0.193. The number of sulfonamides is 1. The van der Waals surface area contributed by atoms with E-state index in [1.807, 2.05) is 0 Å². The standard InChI is InChI=1S/C21H25N5O8S2/c1-21(2)14(18(29)30)26-16(28)13(17(26)35-21)22-15(27)12(11-7-5-4-6-8-11)23-19(31)24-9-10-25(20(24)32)36(3,33)34/h4-8,12-14,17H,9-10H2,1-3H3,(H,22,27)(H,23,31)(H,29,30)/t12?,13?,14-,17-/m1/s1. The fourth-order valence-electron chi connectivity index (χ4n) is 4.54. The maximum atomic E-state index is 13.3. The number of urea groups is 2. The Morgan fingerprint density at radius 3 is 2.33 bits per heavy atom. The molecule has 13 nitrogen and oxygen atoms in total. The summed E-state index contributed by atoms with van der Waals surface area (Å²) < 4.78 is 23.3. The monoisotopic (exact) mass is 539 g/mol. The lowest BCUT2D eigenvalue weighted by atomic mass is 9.95. The quantitative estimate of drug-likeness (QED) is 0.413. The molecule has 0 spiro atoms. The molecule has 36 heavy (non-hydrogen) atoms. The molecule has 3 aliphatic heterocycles. The van der Waals surface area contributed by atoms with Crippen molar-refractivity contribution in [2.24, 2.45) is 0 Å². The molecule has 0 aliphatic carbocycles. The van der Waals surface area contributed by atoms with Gasteiger partial charge in [-0.1, -0.05) is 30.3 Å². The smallest absolute Gasteiger partial charge is 0.341 e. The number of thioether (sulfide) groups is 1. The van der Waals surface area contributed by atoms with Crippen LogP contribution in [0.15, 0.2) is 30.3 Å². The first-order valence-electron chi connectivity index (χ1n) is 10.9. The summed E-state index contributed by atoms with van der Waals surface area (Å²) in [4.78, 5) is 65.0. The predicted octanol–water partition coefficient (Wildman–Crippen LogP) is -0.234. The Morgan fingerprint density at radius 2 is 1.78 bits per heavy atom. The number of imide groups is 1. The van der Waals surface area contributed by atoms with E-state index < -0.39 is 68.1 Å². The minimum Gasteiger partial charge on any atom is -0.480 e. The van der Waals surface area contributed by atoms with Crippen molar-refractivity contribution >= 4 is 51.6 Å². The van der Waals surface area contributed by atoms with E-state index in [4.69, 9.17) is 0 Å². The van der Waals surface area contributed by atoms with Gasteiger partial charge in [0.25, 0.3) is 0 Å². The molecule has 3 N–H and O–H groups in total. The number of β-lactam (4-membered cyclic amide) rings is 1. The topological polar surface area (TPSA) is 173 Å². The van der Waals surface area contributed by atoms with E-state index in [-0.39, 0.29) is 13.1 Å². The lowest BCUT2D eigenvalue weighted by Gasteiger charge is -2.44. The van der Waals surface area contributed by atoms with Crippen LogP contribution in [-0.4, -0.2) is 99.0 Å².